The molecule has 114 valence electrons. The van der Waals surface area contributed by atoms with Crippen molar-refractivity contribution in [3.8, 4) is 0 Å². The predicted octanol–water partition coefficient (Wildman–Crippen LogP) is 3.55. The number of aromatic nitrogens is 2. The maximum atomic E-state index is 12.8. The maximum Gasteiger partial charge on any atom is 0.433 e. The maximum absolute atomic E-state index is 12.8. The first-order chi connectivity index (χ1) is 9.38. The minimum atomic E-state index is -4.47. The Bertz CT molecular complexity index is 421. The number of hydrogen-bond donors (Lipinski definition) is 1. The Labute approximate surface area is 117 Å². The van der Waals surface area contributed by atoms with Gasteiger partial charge in [-0.2, -0.15) is 18.2 Å². The molecule has 1 N–H and O–H groups in total. The fraction of sp³-hybridized carbons (Fsp3) is 0.692. The molecule has 0 spiro atoms. The lowest BCUT2D eigenvalue weighted by Gasteiger charge is -2.20. The van der Waals surface area contributed by atoms with Crippen molar-refractivity contribution in [1.82, 2.24) is 9.97 Å². The average molecular weight is 290 g/mol. The van der Waals surface area contributed by atoms with Crippen LogP contribution in [0.5, 0.6) is 0 Å². The van der Waals surface area contributed by atoms with Gasteiger partial charge in [0.1, 0.15) is 5.82 Å². The molecule has 0 saturated carbocycles. The molecule has 1 heterocycles. The number of nitrogens with one attached hydrogen (secondary N) is 1. The minimum Gasteiger partial charge on any atom is -0.360 e. The van der Waals surface area contributed by atoms with Gasteiger partial charge in [-0.05, 0) is 12.8 Å². The lowest BCUT2D eigenvalue weighted by Crippen LogP contribution is -2.22. The lowest BCUT2D eigenvalue weighted by molar-refractivity contribution is -0.141. The number of hydrogen-bond acceptors (Lipinski definition) is 4. The minimum absolute atomic E-state index is 0.0278. The second kappa shape index (κ2) is 7.31. The molecule has 0 atom stereocenters. The van der Waals surface area contributed by atoms with Crippen molar-refractivity contribution in [2.45, 2.75) is 39.3 Å². The number of rotatable bonds is 7. The van der Waals surface area contributed by atoms with E-state index in [0.717, 1.165) is 25.3 Å². The van der Waals surface area contributed by atoms with Crippen LogP contribution in [0, 0.1) is 0 Å². The highest BCUT2D eigenvalue weighted by Gasteiger charge is 2.34. The number of halogens is 3. The summed E-state index contributed by atoms with van der Waals surface area (Å²) in [5.41, 5.74) is -0.913. The Morgan fingerprint density at radius 2 is 1.90 bits per heavy atom. The van der Waals surface area contributed by atoms with Gasteiger partial charge in [-0.1, -0.05) is 20.3 Å². The van der Waals surface area contributed by atoms with E-state index in [-0.39, 0.29) is 5.95 Å². The monoisotopic (exact) mass is 290 g/mol. The second-order valence-electron chi connectivity index (χ2n) is 4.63. The zero-order valence-corrected chi connectivity index (χ0v) is 12.1. The molecule has 0 fully saturated rings. The fourth-order valence-corrected chi connectivity index (χ4v) is 1.60. The third-order valence-corrected chi connectivity index (χ3v) is 2.77. The zero-order chi connectivity index (χ0) is 15.2. The van der Waals surface area contributed by atoms with Crippen molar-refractivity contribution in [3.63, 3.8) is 0 Å². The molecule has 0 amide bonds. The van der Waals surface area contributed by atoms with Crippen molar-refractivity contribution in [2.24, 2.45) is 0 Å². The molecule has 1 rings (SSSR count). The lowest BCUT2D eigenvalue weighted by atomic mass is 10.3. The summed E-state index contributed by atoms with van der Waals surface area (Å²) in [6.45, 7) is 5.16. The summed E-state index contributed by atoms with van der Waals surface area (Å²) < 4.78 is 38.5. The molecule has 0 aromatic carbocycles. The summed E-state index contributed by atoms with van der Waals surface area (Å²) in [7, 11) is 1.74. The van der Waals surface area contributed by atoms with Crippen LogP contribution in [0.3, 0.4) is 0 Å². The summed E-state index contributed by atoms with van der Waals surface area (Å²) in [5, 5.41) is 2.81. The fourth-order valence-electron chi connectivity index (χ4n) is 1.60. The molecule has 1 aromatic rings. The van der Waals surface area contributed by atoms with Gasteiger partial charge in [0.25, 0.3) is 0 Å². The van der Waals surface area contributed by atoms with Gasteiger partial charge < -0.3 is 10.2 Å². The van der Waals surface area contributed by atoms with Crippen LogP contribution in [-0.4, -0.2) is 30.1 Å². The summed E-state index contributed by atoms with van der Waals surface area (Å²) in [4.78, 5) is 9.39. The summed E-state index contributed by atoms with van der Waals surface area (Å²) in [6.07, 6.45) is -1.80. The van der Waals surface area contributed by atoms with Crippen molar-refractivity contribution in [3.05, 3.63) is 11.8 Å². The van der Waals surface area contributed by atoms with E-state index in [1.807, 2.05) is 13.8 Å². The average Bonchev–Trinajstić information content (AvgIpc) is 2.41. The van der Waals surface area contributed by atoms with E-state index in [9.17, 15) is 13.2 Å². The molecule has 4 nitrogen and oxygen atoms in total. The number of alkyl halides is 3. The highest BCUT2D eigenvalue weighted by Crippen LogP contribution is 2.30. The molecule has 1 aromatic heterocycles. The van der Waals surface area contributed by atoms with Crippen LogP contribution < -0.4 is 10.2 Å². The van der Waals surface area contributed by atoms with Gasteiger partial charge in [-0.25, -0.2) is 4.98 Å². The summed E-state index contributed by atoms with van der Waals surface area (Å²) in [5.74, 6) is 0.319. The number of anilines is 2. The van der Waals surface area contributed by atoms with Crippen LogP contribution in [0.25, 0.3) is 0 Å². The molecular weight excluding hydrogens is 269 g/mol. The van der Waals surface area contributed by atoms with Crippen molar-refractivity contribution in [1.29, 1.82) is 0 Å². The molecule has 0 aliphatic carbocycles. The van der Waals surface area contributed by atoms with Gasteiger partial charge in [0, 0.05) is 26.2 Å². The molecular formula is C13H21F3N4. The van der Waals surface area contributed by atoms with E-state index in [1.165, 1.54) is 0 Å². The Morgan fingerprint density at radius 1 is 1.20 bits per heavy atom. The summed E-state index contributed by atoms with van der Waals surface area (Å²) in [6, 6.07) is 0.993. The van der Waals surface area contributed by atoms with E-state index in [4.69, 9.17) is 0 Å². The molecule has 0 bridgehead atoms. The first-order valence-electron chi connectivity index (χ1n) is 6.79. The quantitative estimate of drug-likeness (QED) is 0.833. The van der Waals surface area contributed by atoms with Crippen LogP contribution in [0.2, 0.25) is 0 Å². The Hall–Kier alpha value is -1.53. The van der Waals surface area contributed by atoms with E-state index < -0.39 is 11.9 Å². The smallest absolute Gasteiger partial charge is 0.360 e. The van der Waals surface area contributed by atoms with Gasteiger partial charge in [0.15, 0.2) is 5.69 Å². The Balaban J connectivity index is 3.02. The van der Waals surface area contributed by atoms with E-state index in [0.29, 0.717) is 18.9 Å². The Morgan fingerprint density at radius 3 is 2.45 bits per heavy atom. The molecule has 7 heteroatoms. The van der Waals surface area contributed by atoms with Gasteiger partial charge in [0.05, 0.1) is 0 Å². The Kier molecular flexibility index (Phi) is 6.04. The first kappa shape index (κ1) is 16.5. The number of unbranched alkanes of at least 4 members (excludes halogenated alkanes) is 1. The third kappa shape index (κ3) is 4.86. The summed E-state index contributed by atoms with van der Waals surface area (Å²) >= 11 is 0. The molecule has 0 radical (unpaired) electrons. The first-order valence-corrected chi connectivity index (χ1v) is 6.79. The highest BCUT2D eigenvalue weighted by molar-refractivity contribution is 5.44. The number of nitrogens with zero attached hydrogens (tertiary/aromatic N) is 3. The molecule has 0 aliphatic rings. The molecule has 0 aliphatic heterocycles. The van der Waals surface area contributed by atoms with Gasteiger partial charge >= 0.3 is 6.18 Å². The van der Waals surface area contributed by atoms with Gasteiger partial charge in [-0.15, -0.1) is 0 Å². The molecule has 0 unspecified atom stereocenters. The van der Waals surface area contributed by atoms with Crippen molar-refractivity contribution >= 4 is 11.8 Å². The SMILES string of the molecule is CCCCN(C)c1cc(C(F)(F)F)nc(NCCC)n1. The highest BCUT2D eigenvalue weighted by atomic mass is 19.4. The molecule has 0 saturated heterocycles. The van der Waals surface area contributed by atoms with Crippen LogP contribution in [-0.2, 0) is 6.18 Å². The van der Waals surface area contributed by atoms with Crippen molar-refractivity contribution in [2.75, 3.05) is 30.4 Å². The largest absolute Gasteiger partial charge is 0.433 e. The van der Waals surface area contributed by atoms with Gasteiger partial charge in [-0.3, -0.25) is 0 Å². The van der Waals surface area contributed by atoms with Crippen LogP contribution in [0.4, 0.5) is 24.9 Å². The van der Waals surface area contributed by atoms with Crippen LogP contribution in [0.15, 0.2) is 6.07 Å². The topological polar surface area (TPSA) is 41.1 Å². The van der Waals surface area contributed by atoms with E-state index >= 15 is 0 Å². The third-order valence-electron chi connectivity index (χ3n) is 2.77. The predicted molar refractivity (Wildman–Crippen MR) is 74.0 cm³/mol. The second-order valence-corrected chi connectivity index (χ2v) is 4.63. The van der Waals surface area contributed by atoms with Crippen LogP contribution >= 0.6 is 0 Å². The van der Waals surface area contributed by atoms with Crippen LogP contribution in [0.1, 0.15) is 38.8 Å². The zero-order valence-electron chi connectivity index (χ0n) is 12.1. The van der Waals surface area contributed by atoms with Crippen molar-refractivity contribution < 1.29 is 13.2 Å². The normalized spacial score (nSPS) is 11.5. The molecule has 20 heavy (non-hydrogen) atoms. The van der Waals surface area contributed by atoms with E-state index in [1.54, 1.807) is 11.9 Å². The standard InChI is InChI=1S/C13H21F3N4/c1-4-6-8-20(3)11-9-10(13(14,15)16)18-12(19-11)17-7-5-2/h9H,4-8H2,1-3H3,(H,17,18,19). The van der Waals surface area contributed by atoms with E-state index in [2.05, 4.69) is 15.3 Å². The van der Waals surface area contributed by atoms with Gasteiger partial charge in [0.2, 0.25) is 5.95 Å².